The molecular weight excluding hydrogens is 150 g/mol. The summed E-state index contributed by atoms with van der Waals surface area (Å²) in [5, 5.41) is 0. The first-order valence-corrected chi connectivity index (χ1v) is 4.10. The minimum absolute atomic E-state index is 0.973. The zero-order valence-electron chi connectivity index (χ0n) is 7.33. The van der Waals surface area contributed by atoms with Gasteiger partial charge in [-0.1, -0.05) is 13.8 Å². The van der Waals surface area contributed by atoms with Gasteiger partial charge in [-0.15, -0.1) is 0 Å². The molecule has 2 heterocycles. The Morgan fingerprint density at radius 1 is 1.33 bits per heavy atom. The third-order valence-corrected chi connectivity index (χ3v) is 1.37. The molecule has 12 heavy (non-hydrogen) atoms. The Hall–Kier alpha value is -1.51. The summed E-state index contributed by atoms with van der Waals surface area (Å²) >= 11 is 0. The van der Waals surface area contributed by atoms with E-state index in [1.807, 2.05) is 38.3 Å². The Bertz CT molecular complexity index is 268. The molecule has 0 aromatic carbocycles. The van der Waals surface area contributed by atoms with E-state index in [1.54, 1.807) is 6.20 Å². The Labute approximate surface area is 72.5 Å². The smallest absolute Gasteiger partial charge is 0.0893 e. The summed E-state index contributed by atoms with van der Waals surface area (Å²) in [6.45, 7) is 4.00. The molecule has 1 aliphatic rings. The summed E-state index contributed by atoms with van der Waals surface area (Å²) in [4.78, 5) is 4.13. The van der Waals surface area contributed by atoms with Crippen molar-refractivity contribution in [2.75, 3.05) is 5.43 Å². The minimum Gasteiger partial charge on any atom is -0.308 e. The second-order valence-corrected chi connectivity index (χ2v) is 2.04. The Morgan fingerprint density at radius 3 is 2.92 bits per heavy atom. The van der Waals surface area contributed by atoms with Gasteiger partial charge in [-0.05, 0) is 18.2 Å². The Balaban J connectivity index is 0.000000336. The molecule has 0 radical (unpaired) electrons. The summed E-state index contributed by atoms with van der Waals surface area (Å²) in [6.07, 6.45) is 5.51. The van der Waals surface area contributed by atoms with Crippen molar-refractivity contribution in [1.29, 1.82) is 0 Å². The van der Waals surface area contributed by atoms with Gasteiger partial charge in [0.05, 0.1) is 11.4 Å². The predicted octanol–water partition coefficient (Wildman–Crippen LogP) is 2.01. The number of pyridine rings is 1. The van der Waals surface area contributed by atoms with Gasteiger partial charge in [0.15, 0.2) is 0 Å². The number of hydrazine groups is 1. The fourth-order valence-corrected chi connectivity index (χ4v) is 0.896. The maximum absolute atomic E-state index is 4.13. The molecule has 0 atom stereocenters. The van der Waals surface area contributed by atoms with Crippen molar-refractivity contribution in [1.82, 2.24) is 10.4 Å². The van der Waals surface area contributed by atoms with Crippen LogP contribution in [0.1, 0.15) is 19.5 Å². The van der Waals surface area contributed by atoms with Crippen molar-refractivity contribution in [3.8, 4) is 0 Å². The number of fused-ring (bicyclic) bond motifs is 1. The first kappa shape index (κ1) is 8.59. The van der Waals surface area contributed by atoms with E-state index in [9.17, 15) is 0 Å². The highest BCUT2D eigenvalue weighted by Gasteiger charge is 2.00. The number of hydrogen-bond acceptors (Lipinski definition) is 3. The molecular formula is C9H13N3. The molecule has 0 unspecified atom stereocenters. The molecule has 2 N–H and O–H groups in total. The van der Waals surface area contributed by atoms with Crippen LogP contribution in [0.15, 0.2) is 24.5 Å². The summed E-state index contributed by atoms with van der Waals surface area (Å²) in [5.41, 5.74) is 7.83. The molecule has 3 heteroatoms. The van der Waals surface area contributed by atoms with E-state index in [4.69, 9.17) is 0 Å². The average Bonchev–Trinajstić information content (AvgIpc) is 2.21. The fourth-order valence-electron chi connectivity index (χ4n) is 0.896. The van der Waals surface area contributed by atoms with Crippen molar-refractivity contribution in [2.45, 2.75) is 13.8 Å². The summed E-state index contributed by atoms with van der Waals surface area (Å²) in [5.74, 6) is 0. The van der Waals surface area contributed by atoms with E-state index in [-0.39, 0.29) is 0 Å². The second-order valence-electron chi connectivity index (χ2n) is 2.04. The SMILES string of the molecule is C1=Cc2ncccc2NN1.CC. The van der Waals surface area contributed by atoms with Crippen LogP contribution in [-0.2, 0) is 0 Å². The average molecular weight is 163 g/mol. The van der Waals surface area contributed by atoms with E-state index in [2.05, 4.69) is 15.8 Å². The normalized spacial score (nSPS) is 11.5. The molecule has 1 aliphatic heterocycles. The van der Waals surface area contributed by atoms with Crippen LogP contribution in [0.3, 0.4) is 0 Å². The van der Waals surface area contributed by atoms with Crippen LogP contribution in [0.4, 0.5) is 5.69 Å². The van der Waals surface area contributed by atoms with Gasteiger partial charge >= 0.3 is 0 Å². The highest BCUT2D eigenvalue weighted by molar-refractivity contribution is 5.64. The number of rotatable bonds is 0. The van der Waals surface area contributed by atoms with Crippen molar-refractivity contribution in [3.63, 3.8) is 0 Å². The quantitative estimate of drug-likeness (QED) is 0.614. The maximum Gasteiger partial charge on any atom is 0.0893 e. The topological polar surface area (TPSA) is 37.0 Å². The lowest BCUT2D eigenvalue weighted by Crippen LogP contribution is -2.18. The van der Waals surface area contributed by atoms with E-state index >= 15 is 0 Å². The van der Waals surface area contributed by atoms with Gasteiger partial charge in [0.2, 0.25) is 0 Å². The molecule has 0 saturated carbocycles. The van der Waals surface area contributed by atoms with Crippen LogP contribution < -0.4 is 10.9 Å². The van der Waals surface area contributed by atoms with Gasteiger partial charge < -0.3 is 5.43 Å². The van der Waals surface area contributed by atoms with Crippen LogP contribution in [0.2, 0.25) is 0 Å². The van der Waals surface area contributed by atoms with Crippen LogP contribution >= 0.6 is 0 Å². The molecule has 3 nitrogen and oxygen atoms in total. The molecule has 1 aromatic rings. The Kier molecular flexibility index (Phi) is 3.14. The predicted molar refractivity (Wildman–Crippen MR) is 51.4 cm³/mol. The molecule has 0 aliphatic carbocycles. The number of hydrogen-bond donors (Lipinski definition) is 2. The lowest BCUT2D eigenvalue weighted by atomic mass is 10.3. The third-order valence-electron chi connectivity index (χ3n) is 1.37. The molecule has 0 fully saturated rings. The van der Waals surface area contributed by atoms with Gasteiger partial charge in [0.1, 0.15) is 0 Å². The molecule has 1 aromatic heterocycles. The highest BCUT2D eigenvalue weighted by Crippen LogP contribution is 2.14. The fraction of sp³-hybridized carbons (Fsp3) is 0.222. The van der Waals surface area contributed by atoms with Crippen LogP contribution in [0, 0.1) is 0 Å². The second kappa shape index (κ2) is 4.38. The molecule has 64 valence electrons. The highest BCUT2D eigenvalue weighted by atomic mass is 15.4. The van der Waals surface area contributed by atoms with Crippen LogP contribution in [0.25, 0.3) is 6.08 Å². The van der Waals surface area contributed by atoms with E-state index in [1.165, 1.54) is 0 Å². The summed E-state index contributed by atoms with van der Waals surface area (Å²) in [7, 11) is 0. The summed E-state index contributed by atoms with van der Waals surface area (Å²) < 4.78 is 0. The molecule has 0 spiro atoms. The first-order valence-electron chi connectivity index (χ1n) is 4.10. The first-order chi connectivity index (χ1) is 5.97. The Morgan fingerprint density at radius 2 is 2.17 bits per heavy atom. The van der Waals surface area contributed by atoms with Gasteiger partial charge in [-0.25, -0.2) is 0 Å². The third kappa shape index (κ3) is 1.75. The van der Waals surface area contributed by atoms with Crippen LogP contribution in [-0.4, -0.2) is 4.98 Å². The largest absolute Gasteiger partial charge is 0.308 e. The van der Waals surface area contributed by atoms with Gasteiger partial charge in [0, 0.05) is 12.4 Å². The number of anilines is 1. The molecule has 2 rings (SSSR count). The number of aromatic nitrogens is 1. The standard InChI is InChI=1S/C7H7N3.C2H6/c1-2-7-6(8-4-1)3-5-9-10-7;1-2/h1-5,9-10H;1-2H3. The summed E-state index contributed by atoms with van der Waals surface area (Å²) in [6, 6.07) is 3.87. The van der Waals surface area contributed by atoms with Gasteiger partial charge in [-0.3, -0.25) is 10.4 Å². The molecule has 0 bridgehead atoms. The van der Waals surface area contributed by atoms with Crippen molar-refractivity contribution < 1.29 is 0 Å². The van der Waals surface area contributed by atoms with Crippen LogP contribution in [0.5, 0.6) is 0 Å². The number of nitrogens with zero attached hydrogens (tertiary/aromatic N) is 1. The number of nitrogens with one attached hydrogen (secondary N) is 2. The van der Waals surface area contributed by atoms with Crippen molar-refractivity contribution in [2.24, 2.45) is 0 Å². The van der Waals surface area contributed by atoms with E-state index < -0.39 is 0 Å². The van der Waals surface area contributed by atoms with E-state index in [0.717, 1.165) is 11.4 Å². The van der Waals surface area contributed by atoms with Crippen molar-refractivity contribution >= 4 is 11.8 Å². The maximum atomic E-state index is 4.13. The lowest BCUT2D eigenvalue weighted by Gasteiger charge is -2.11. The molecule has 0 amide bonds. The zero-order valence-corrected chi connectivity index (χ0v) is 7.33. The molecule has 0 saturated heterocycles. The van der Waals surface area contributed by atoms with Crippen molar-refractivity contribution in [3.05, 3.63) is 30.2 Å². The minimum atomic E-state index is 0.973. The van der Waals surface area contributed by atoms with Gasteiger partial charge in [-0.2, -0.15) is 0 Å². The van der Waals surface area contributed by atoms with Gasteiger partial charge in [0.25, 0.3) is 0 Å². The zero-order chi connectivity index (χ0) is 8.81. The van der Waals surface area contributed by atoms with E-state index in [0.29, 0.717) is 0 Å². The monoisotopic (exact) mass is 163 g/mol. The lowest BCUT2D eigenvalue weighted by molar-refractivity contribution is 1.03.